The lowest BCUT2D eigenvalue weighted by atomic mass is 9.79. The molecule has 0 bridgehead atoms. The molecule has 2 amide bonds. The SMILES string of the molecule is CC1(C)CC(NC(=O)NC2CC(C)(C)[15N]([O])C(C)(C)C2)CC(C)(C)[14N]1[O]. The molecule has 2 fully saturated rings. The quantitative estimate of drug-likeness (QED) is 0.734. The Morgan fingerprint density at radius 2 is 0.885 bits per heavy atom. The van der Waals surface area contributed by atoms with Gasteiger partial charge in [0, 0.05) is 34.2 Å². The molecule has 0 saturated carbocycles. The molecule has 0 aromatic carbocycles. The van der Waals surface area contributed by atoms with Gasteiger partial charge < -0.3 is 10.6 Å². The molecule has 2 aliphatic rings. The van der Waals surface area contributed by atoms with Crippen molar-refractivity contribution >= 4 is 6.03 Å². The predicted octanol–water partition coefficient (Wildman–Crippen LogP) is 3.02. The Morgan fingerprint density at radius 3 is 1.12 bits per heavy atom. The summed E-state index contributed by atoms with van der Waals surface area (Å²) in [4.78, 5) is 12.6. The van der Waals surface area contributed by atoms with Gasteiger partial charge in [0.25, 0.3) is 0 Å². The number of carbonyl (C=O) groups excluding carboxylic acids is 1. The zero-order chi connectivity index (χ0) is 20.1. The average Bonchev–Trinajstić information content (AvgIpc) is 2.40. The Bertz CT molecular complexity index is 463. The van der Waals surface area contributed by atoms with Crippen LogP contribution in [0.1, 0.15) is 81.1 Å². The van der Waals surface area contributed by atoms with Gasteiger partial charge in [-0.15, -0.1) is 20.5 Å². The molecule has 2 aliphatic heterocycles. The number of piperidine rings is 2. The van der Waals surface area contributed by atoms with Crippen LogP contribution in [0.3, 0.4) is 0 Å². The van der Waals surface area contributed by atoms with E-state index in [2.05, 4.69) is 10.6 Å². The smallest absolute Gasteiger partial charge is 0.315 e. The van der Waals surface area contributed by atoms with E-state index in [-0.39, 0.29) is 18.1 Å². The minimum absolute atomic E-state index is 0.0502. The van der Waals surface area contributed by atoms with Gasteiger partial charge in [0.2, 0.25) is 0 Å². The summed E-state index contributed by atoms with van der Waals surface area (Å²) >= 11 is 0. The summed E-state index contributed by atoms with van der Waals surface area (Å²) in [5, 5.41) is 33.3. The van der Waals surface area contributed by atoms with Crippen LogP contribution in [0.25, 0.3) is 0 Å². The van der Waals surface area contributed by atoms with Gasteiger partial charge in [-0.25, -0.2) is 4.79 Å². The fourth-order valence-electron chi connectivity index (χ4n) is 5.14. The number of hydroxylamine groups is 4. The fourth-order valence-corrected chi connectivity index (χ4v) is 5.14. The van der Waals surface area contributed by atoms with Crippen LogP contribution in [0.15, 0.2) is 0 Å². The molecule has 0 aromatic heterocycles. The van der Waals surface area contributed by atoms with Gasteiger partial charge in [0.05, 0.1) is 0 Å². The monoisotopic (exact) mass is 369 g/mol. The van der Waals surface area contributed by atoms with Crippen molar-refractivity contribution in [1.29, 1.82) is 0 Å². The second-order valence-electron chi connectivity index (χ2n) is 10.7. The summed E-state index contributed by atoms with van der Waals surface area (Å²) in [7, 11) is 0. The number of rotatable bonds is 2. The second kappa shape index (κ2) is 6.62. The van der Waals surface area contributed by atoms with Crippen molar-refractivity contribution < 1.29 is 15.2 Å². The molecule has 0 aliphatic carbocycles. The molecule has 2 saturated heterocycles. The van der Waals surface area contributed by atoms with E-state index in [1.807, 2.05) is 55.4 Å². The molecular weight excluding hydrogens is 333 g/mol. The van der Waals surface area contributed by atoms with Gasteiger partial charge in [0.15, 0.2) is 0 Å². The highest BCUT2D eigenvalue weighted by Crippen LogP contribution is 2.38. The molecule has 0 aromatic rings. The molecule has 150 valence electrons. The van der Waals surface area contributed by atoms with Crippen LogP contribution in [0.4, 0.5) is 4.79 Å². The lowest BCUT2D eigenvalue weighted by molar-refractivity contribution is -0.290. The number of hydrogen-bond donors (Lipinski definition) is 2. The average molecular weight is 370 g/mol. The molecule has 2 heterocycles. The van der Waals surface area contributed by atoms with Crippen LogP contribution in [-0.4, -0.2) is 50.4 Å². The van der Waals surface area contributed by atoms with Gasteiger partial charge in [-0.2, -0.15) is 0 Å². The summed E-state index contributed by atoms with van der Waals surface area (Å²) in [5.74, 6) is 0. The van der Waals surface area contributed by atoms with E-state index in [1.165, 1.54) is 0 Å². The van der Waals surface area contributed by atoms with Gasteiger partial charge in [-0.05, 0) is 81.1 Å². The van der Waals surface area contributed by atoms with E-state index in [0.717, 1.165) is 10.1 Å². The first kappa shape index (κ1) is 21.4. The third kappa shape index (κ3) is 4.32. The number of amides is 2. The van der Waals surface area contributed by atoms with Crippen molar-refractivity contribution in [2.75, 3.05) is 0 Å². The lowest BCUT2D eigenvalue weighted by Gasteiger charge is -2.51. The molecule has 2 N–H and O–H groups in total. The van der Waals surface area contributed by atoms with E-state index in [4.69, 9.17) is 0 Å². The highest BCUT2D eigenvalue weighted by Gasteiger charge is 2.48. The van der Waals surface area contributed by atoms with Crippen LogP contribution < -0.4 is 10.6 Å². The Kier molecular flexibility index (Phi) is 5.45. The van der Waals surface area contributed by atoms with Crippen molar-refractivity contribution in [3.63, 3.8) is 0 Å². The first-order chi connectivity index (χ1) is 11.6. The zero-order valence-corrected chi connectivity index (χ0v) is 17.6. The number of hydrogen-bond acceptors (Lipinski definition) is 3. The van der Waals surface area contributed by atoms with Crippen LogP contribution in [0.2, 0.25) is 0 Å². The highest BCUT2D eigenvalue weighted by molar-refractivity contribution is 5.74. The normalized spacial score (nSPS) is 29.3. The maximum atomic E-state index is 12.6. The fraction of sp³-hybridized carbons (Fsp3) is 0.947. The largest absolute Gasteiger partial charge is 0.335 e. The molecule has 7 heteroatoms. The lowest BCUT2D eigenvalue weighted by Crippen LogP contribution is -2.65. The molecule has 0 atom stereocenters. The van der Waals surface area contributed by atoms with E-state index < -0.39 is 22.2 Å². The van der Waals surface area contributed by atoms with Gasteiger partial charge in [-0.3, -0.25) is 0 Å². The van der Waals surface area contributed by atoms with Crippen LogP contribution in [0, 0.1) is 0 Å². The summed E-state index contributed by atoms with van der Waals surface area (Å²) in [6.45, 7) is 15.4. The second-order valence-corrected chi connectivity index (χ2v) is 10.7. The molecule has 2 radical (unpaired) electrons. The van der Waals surface area contributed by atoms with Crippen molar-refractivity contribution in [2.45, 2.75) is 115 Å². The molecule has 26 heavy (non-hydrogen) atoms. The van der Waals surface area contributed by atoms with Crippen molar-refractivity contribution in [3.8, 4) is 0 Å². The minimum atomic E-state index is -0.516. The summed E-state index contributed by atoms with van der Waals surface area (Å²) in [5.41, 5.74) is -2.07. The number of nitrogens with one attached hydrogen (secondary N) is 2. The maximum absolute atomic E-state index is 12.6. The van der Waals surface area contributed by atoms with E-state index >= 15 is 0 Å². The first-order valence-corrected chi connectivity index (χ1v) is 9.59. The van der Waals surface area contributed by atoms with Crippen LogP contribution >= 0.6 is 0 Å². The standard InChI is InChI=1S/C19H36N4O3/c1-16(2)9-13(10-17(3,4)22(16)25)20-15(24)21-14-11-18(5,6)23(26)19(7,8)12-14/h13-14H,9-12H2,1-8H3,(H2,20,21,24)/i22+0,23+1. The zero-order valence-electron chi connectivity index (χ0n) is 17.6. The Labute approximate surface area is 158 Å². The van der Waals surface area contributed by atoms with Crippen molar-refractivity contribution in [1.82, 2.24) is 20.8 Å². The van der Waals surface area contributed by atoms with E-state index in [1.54, 1.807) is 0 Å². The topological polar surface area (TPSA) is 87.4 Å². The van der Waals surface area contributed by atoms with Gasteiger partial charge in [0.1, 0.15) is 0 Å². The van der Waals surface area contributed by atoms with E-state index in [0.29, 0.717) is 25.7 Å². The molecule has 0 spiro atoms. The third-order valence-corrected chi connectivity index (χ3v) is 5.85. The van der Waals surface area contributed by atoms with Crippen molar-refractivity contribution in [2.24, 2.45) is 0 Å². The highest BCUT2D eigenvalue weighted by atomic mass is 16.8. The molecule has 2 rings (SSSR count). The number of nitrogens with zero attached hydrogens (tertiary/aromatic N) is 2. The van der Waals surface area contributed by atoms with E-state index in [9.17, 15) is 15.2 Å². The first-order valence-electron chi connectivity index (χ1n) is 9.59. The Morgan fingerprint density at radius 1 is 0.654 bits per heavy atom. The van der Waals surface area contributed by atoms with Gasteiger partial charge >= 0.3 is 6.03 Å². The predicted molar refractivity (Wildman–Crippen MR) is 99.1 cm³/mol. The third-order valence-electron chi connectivity index (χ3n) is 5.85. The van der Waals surface area contributed by atoms with Gasteiger partial charge in [-0.1, -0.05) is 0 Å². The summed E-state index contributed by atoms with van der Waals surface area (Å²) in [6, 6.07) is -0.312. The number of urea groups is 1. The maximum Gasteiger partial charge on any atom is 0.315 e. The summed E-state index contributed by atoms with van der Waals surface area (Å²) in [6.07, 6.45) is 2.46. The molecule has 0 unspecified atom stereocenters. The number of carbonyl (C=O) groups is 1. The van der Waals surface area contributed by atoms with Crippen LogP contribution in [0.5, 0.6) is 0 Å². The molecule has 7 nitrogen and oxygen atoms in total. The Balaban J connectivity index is 1.99. The van der Waals surface area contributed by atoms with Crippen molar-refractivity contribution in [3.05, 3.63) is 0 Å². The molecular formula is C19H36N4O3. The Hall–Kier alpha value is -0.890. The van der Waals surface area contributed by atoms with Crippen LogP contribution in [-0.2, 0) is 10.4 Å². The summed E-state index contributed by atoms with van der Waals surface area (Å²) < 4.78 is 0. The minimum Gasteiger partial charge on any atom is -0.335 e.